The largest absolute Gasteiger partial charge is 0.361 e. The van der Waals surface area contributed by atoms with Gasteiger partial charge in [-0.2, -0.15) is 0 Å². The highest BCUT2D eigenvalue weighted by molar-refractivity contribution is 7.14. The molecule has 1 N–H and O–H groups in total. The van der Waals surface area contributed by atoms with Gasteiger partial charge in [-0.1, -0.05) is 37.3 Å². The third-order valence-corrected chi connectivity index (χ3v) is 4.12. The van der Waals surface area contributed by atoms with E-state index in [4.69, 9.17) is 11.6 Å². The summed E-state index contributed by atoms with van der Waals surface area (Å²) in [6, 6.07) is 0. The van der Waals surface area contributed by atoms with Crippen LogP contribution < -0.4 is 5.32 Å². The second-order valence-electron chi connectivity index (χ2n) is 4.21. The first-order valence-electron chi connectivity index (χ1n) is 5.69. The molecule has 0 amide bonds. The van der Waals surface area contributed by atoms with Gasteiger partial charge in [-0.05, 0) is 18.8 Å². The number of nitrogens with one attached hydrogen (secondary N) is 1. The van der Waals surface area contributed by atoms with Crippen LogP contribution in [0.2, 0.25) is 5.15 Å². The minimum atomic E-state index is 0.600. The summed E-state index contributed by atoms with van der Waals surface area (Å²) in [7, 11) is 0. The Labute approximate surface area is 100 Å². The van der Waals surface area contributed by atoms with Crippen molar-refractivity contribution >= 4 is 28.1 Å². The summed E-state index contributed by atoms with van der Waals surface area (Å²) in [4.78, 5) is 4.19. The van der Waals surface area contributed by atoms with Crippen molar-refractivity contribution in [2.24, 2.45) is 5.92 Å². The second-order valence-corrected chi connectivity index (χ2v) is 5.46. The molecule has 0 spiro atoms. The van der Waals surface area contributed by atoms with Gasteiger partial charge in [-0.3, -0.25) is 0 Å². The van der Waals surface area contributed by atoms with Gasteiger partial charge in [0.1, 0.15) is 5.15 Å². The van der Waals surface area contributed by atoms with Crippen LogP contribution in [0.3, 0.4) is 0 Å². The molecule has 0 radical (unpaired) electrons. The minimum Gasteiger partial charge on any atom is -0.361 e. The first-order valence-corrected chi connectivity index (χ1v) is 6.95. The quantitative estimate of drug-likeness (QED) is 0.807. The Kier molecular flexibility index (Phi) is 4.27. The summed E-state index contributed by atoms with van der Waals surface area (Å²) in [6.07, 6.45) is 8.35. The molecule has 1 fully saturated rings. The van der Waals surface area contributed by atoms with Gasteiger partial charge in [0.05, 0.1) is 0 Å². The second kappa shape index (κ2) is 5.71. The zero-order valence-electron chi connectivity index (χ0n) is 8.84. The lowest BCUT2D eigenvalue weighted by Gasteiger charge is -2.13. The first-order chi connectivity index (χ1) is 7.34. The van der Waals surface area contributed by atoms with Gasteiger partial charge in [-0.25, -0.2) is 4.98 Å². The number of anilines is 1. The smallest absolute Gasteiger partial charge is 0.184 e. The van der Waals surface area contributed by atoms with Crippen molar-refractivity contribution in [1.82, 2.24) is 4.98 Å². The number of aromatic nitrogens is 1. The van der Waals surface area contributed by atoms with E-state index in [1.54, 1.807) is 11.3 Å². The van der Waals surface area contributed by atoms with E-state index < -0.39 is 0 Å². The summed E-state index contributed by atoms with van der Waals surface area (Å²) in [6.45, 7) is 1.06. The number of rotatable bonds is 3. The minimum absolute atomic E-state index is 0.600. The van der Waals surface area contributed by atoms with E-state index in [1.807, 2.05) is 5.38 Å². The van der Waals surface area contributed by atoms with Crippen LogP contribution >= 0.6 is 22.9 Å². The Hall–Kier alpha value is -0.280. The molecule has 2 nitrogen and oxygen atoms in total. The standard InChI is InChI=1S/C11H17ClN2S/c12-10-8-15-11(14-10)13-7-9-5-3-1-2-4-6-9/h8-9H,1-7H2,(H,13,14). The first kappa shape index (κ1) is 11.2. The van der Waals surface area contributed by atoms with Gasteiger partial charge >= 0.3 is 0 Å². The number of nitrogens with zero attached hydrogens (tertiary/aromatic N) is 1. The Bertz CT molecular complexity index is 293. The van der Waals surface area contributed by atoms with Gasteiger partial charge in [0.2, 0.25) is 0 Å². The number of hydrogen-bond donors (Lipinski definition) is 1. The Morgan fingerprint density at radius 1 is 1.33 bits per heavy atom. The SMILES string of the molecule is Clc1csc(NCC2CCCCCC2)n1. The van der Waals surface area contributed by atoms with Crippen LogP contribution in [0.4, 0.5) is 5.13 Å². The van der Waals surface area contributed by atoms with E-state index in [9.17, 15) is 0 Å². The van der Waals surface area contributed by atoms with E-state index in [1.165, 1.54) is 38.5 Å². The highest BCUT2D eigenvalue weighted by Crippen LogP contribution is 2.24. The predicted molar refractivity (Wildman–Crippen MR) is 66.8 cm³/mol. The number of thiazole rings is 1. The van der Waals surface area contributed by atoms with Crippen molar-refractivity contribution in [3.05, 3.63) is 10.5 Å². The highest BCUT2D eigenvalue weighted by atomic mass is 35.5. The highest BCUT2D eigenvalue weighted by Gasteiger charge is 2.12. The topological polar surface area (TPSA) is 24.9 Å². The third-order valence-electron chi connectivity index (χ3n) is 2.99. The van der Waals surface area contributed by atoms with Crippen molar-refractivity contribution in [3.8, 4) is 0 Å². The molecule has 0 atom stereocenters. The molecule has 1 aliphatic carbocycles. The summed E-state index contributed by atoms with van der Waals surface area (Å²) in [5.41, 5.74) is 0. The maximum atomic E-state index is 5.77. The van der Waals surface area contributed by atoms with Gasteiger partial charge in [-0.15, -0.1) is 11.3 Å². The average Bonchev–Trinajstić information content (AvgIpc) is 2.52. The lowest BCUT2D eigenvalue weighted by Crippen LogP contribution is -2.13. The van der Waals surface area contributed by atoms with E-state index in [2.05, 4.69) is 10.3 Å². The molecule has 15 heavy (non-hydrogen) atoms. The van der Waals surface area contributed by atoms with Crippen molar-refractivity contribution in [2.75, 3.05) is 11.9 Å². The number of hydrogen-bond acceptors (Lipinski definition) is 3. The molecule has 1 aromatic rings. The van der Waals surface area contributed by atoms with Crippen molar-refractivity contribution in [3.63, 3.8) is 0 Å². The van der Waals surface area contributed by atoms with E-state index >= 15 is 0 Å². The molecule has 1 heterocycles. The molecule has 84 valence electrons. The van der Waals surface area contributed by atoms with Crippen molar-refractivity contribution in [2.45, 2.75) is 38.5 Å². The molecule has 1 aliphatic rings. The van der Waals surface area contributed by atoms with Crippen molar-refractivity contribution < 1.29 is 0 Å². The normalized spacial score (nSPS) is 18.7. The molecule has 1 saturated carbocycles. The Morgan fingerprint density at radius 2 is 2.07 bits per heavy atom. The zero-order chi connectivity index (χ0) is 10.5. The molecule has 4 heteroatoms. The van der Waals surface area contributed by atoms with Crippen LogP contribution in [0, 0.1) is 5.92 Å². The Balaban J connectivity index is 1.76. The monoisotopic (exact) mass is 244 g/mol. The molecular weight excluding hydrogens is 228 g/mol. The Morgan fingerprint density at radius 3 is 2.67 bits per heavy atom. The van der Waals surface area contributed by atoms with Crippen LogP contribution in [0.5, 0.6) is 0 Å². The lowest BCUT2D eigenvalue weighted by molar-refractivity contribution is 0.483. The van der Waals surface area contributed by atoms with Crippen molar-refractivity contribution in [1.29, 1.82) is 0 Å². The van der Waals surface area contributed by atoms with Crippen LogP contribution in [0.1, 0.15) is 38.5 Å². The van der Waals surface area contributed by atoms with Crippen LogP contribution in [-0.2, 0) is 0 Å². The molecule has 1 aromatic heterocycles. The fourth-order valence-electron chi connectivity index (χ4n) is 2.14. The van der Waals surface area contributed by atoms with Gasteiger partial charge in [0.15, 0.2) is 5.13 Å². The molecule has 0 aromatic carbocycles. The third kappa shape index (κ3) is 3.65. The molecule has 0 unspecified atom stereocenters. The summed E-state index contributed by atoms with van der Waals surface area (Å²) in [5.74, 6) is 0.829. The summed E-state index contributed by atoms with van der Waals surface area (Å²) < 4.78 is 0. The van der Waals surface area contributed by atoms with E-state index in [0.29, 0.717) is 5.15 Å². The molecule has 0 aliphatic heterocycles. The number of halogens is 1. The fraction of sp³-hybridized carbons (Fsp3) is 0.727. The van der Waals surface area contributed by atoms with Gasteiger partial charge in [0, 0.05) is 11.9 Å². The van der Waals surface area contributed by atoms with Gasteiger partial charge in [0.25, 0.3) is 0 Å². The summed E-state index contributed by atoms with van der Waals surface area (Å²) >= 11 is 7.36. The van der Waals surface area contributed by atoms with Gasteiger partial charge < -0.3 is 5.32 Å². The van der Waals surface area contributed by atoms with E-state index in [0.717, 1.165) is 17.6 Å². The average molecular weight is 245 g/mol. The van der Waals surface area contributed by atoms with E-state index in [-0.39, 0.29) is 0 Å². The fourth-order valence-corrected chi connectivity index (χ4v) is 2.98. The molecule has 2 rings (SSSR count). The molecule has 0 bridgehead atoms. The van der Waals surface area contributed by atoms with Crippen LogP contribution in [0.15, 0.2) is 5.38 Å². The predicted octanol–water partition coefficient (Wildman–Crippen LogP) is 4.18. The van der Waals surface area contributed by atoms with Crippen LogP contribution in [-0.4, -0.2) is 11.5 Å². The molecular formula is C11H17ClN2S. The summed E-state index contributed by atoms with van der Waals surface area (Å²) in [5, 5.41) is 6.82. The lowest BCUT2D eigenvalue weighted by atomic mass is 10.0. The van der Waals surface area contributed by atoms with Crippen LogP contribution in [0.25, 0.3) is 0 Å². The maximum Gasteiger partial charge on any atom is 0.184 e. The zero-order valence-corrected chi connectivity index (χ0v) is 10.4. The molecule has 0 saturated heterocycles. The maximum absolute atomic E-state index is 5.77.